The number of thioether (sulfide) groups is 1. The fourth-order valence-corrected chi connectivity index (χ4v) is 1.92. The fourth-order valence-electron chi connectivity index (χ4n) is 0.817. The standard InChI is InChI=1S/C8H10ClN3O2S/c1-5(2)4-15-7-6(12(13)14)3-10-8(9)11-7/h3,5H,4H2,1-2H3. The normalized spacial score (nSPS) is 10.7. The van der Waals surface area contributed by atoms with Crippen molar-refractivity contribution in [2.75, 3.05) is 5.75 Å². The van der Waals surface area contributed by atoms with E-state index in [0.717, 1.165) is 11.9 Å². The van der Waals surface area contributed by atoms with Gasteiger partial charge in [-0.1, -0.05) is 25.6 Å². The maximum absolute atomic E-state index is 10.6. The van der Waals surface area contributed by atoms with Crippen LogP contribution in [0.5, 0.6) is 0 Å². The zero-order valence-electron chi connectivity index (χ0n) is 8.31. The summed E-state index contributed by atoms with van der Waals surface area (Å²) < 4.78 is 0. The van der Waals surface area contributed by atoms with E-state index in [1.165, 1.54) is 11.8 Å². The average molecular weight is 248 g/mol. The molecule has 0 bridgehead atoms. The quantitative estimate of drug-likeness (QED) is 0.269. The second kappa shape index (κ2) is 5.27. The Morgan fingerprint density at radius 1 is 1.67 bits per heavy atom. The summed E-state index contributed by atoms with van der Waals surface area (Å²) in [6.45, 7) is 4.06. The number of nitrogens with zero attached hydrogens (tertiary/aromatic N) is 3. The molecule has 1 aromatic rings. The number of nitro groups is 1. The van der Waals surface area contributed by atoms with Crippen molar-refractivity contribution in [2.45, 2.75) is 18.9 Å². The molecule has 5 nitrogen and oxygen atoms in total. The highest BCUT2D eigenvalue weighted by Crippen LogP contribution is 2.28. The van der Waals surface area contributed by atoms with E-state index >= 15 is 0 Å². The van der Waals surface area contributed by atoms with Crippen LogP contribution in [0.1, 0.15) is 13.8 Å². The lowest BCUT2D eigenvalue weighted by molar-refractivity contribution is -0.388. The molecule has 0 saturated heterocycles. The lowest BCUT2D eigenvalue weighted by atomic mass is 10.3. The van der Waals surface area contributed by atoms with Crippen LogP contribution in [-0.4, -0.2) is 20.6 Å². The molecule has 82 valence electrons. The molecule has 0 aromatic carbocycles. The minimum atomic E-state index is -0.501. The van der Waals surface area contributed by atoms with Crippen molar-refractivity contribution in [3.05, 3.63) is 21.6 Å². The Bertz CT molecular complexity index is 373. The predicted octanol–water partition coefficient (Wildman–Crippen LogP) is 2.79. The molecule has 0 aliphatic heterocycles. The van der Waals surface area contributed by atoms with Crippen LogP contribution in [0, 0.1) is 16.0 Å². The van der Waals surface area contributed by atoms with E-state index < -0.39 is 4.92 Å². The summed E-state index contributed by atoms with van der Waals surface area (Å²) in [5.41, 5.74) is -0.0925. The van der Waals surface area contributed by atoms with Crippen molar-refractivity contribution < 1.29 is 4.92 Å². The predicted molar refractivity (Wildman–Crippen MR) is 59.3 cm³/mol. The number of aromatic nitrogens is 2. The summed E-state index contributed by atoms with van der Waals surface area (Å²) >= 11 is 6.90. The molecule has 0 atom stereocenters. The van der Waals surface area contributed by atoms with E-state index in [2.05, 4.69) is 9.97 Å². The molecule has 0 saturated carbocycles. The van der Waals surface area contributed by atoms with Gasteiger partial charge in [-0.15, -0.1) is 0 Å². The number of halogens is 1. The molecular weight excluding hydrogens is 238 g/mol. The van der Waals surface area contributed by atoms with Gasteiger partial charge < -0.3 is 0 Å². The van der Waals surface area contributed by atoms with Crippen molar-refractivity contribution in [1.29, 1.82) is 0 Å². The minimum Gasteiger partial charge on any atom is -0.258 e. The van der Waals surface area contributed by atoms with Gasteiger partial charge in [-0.05, 0) is 17.5 Å². The summed E-state index contributed by atoms with van der Waals surface area (Å²) in [6, 6.07) is 0. The van der Waals surface area contributed by atoms with Crippen molar-refractivity contribution in [1.82, 2.24) is 9.97 Å². The zero-order valence-corrected chi connectivity index (χ0v) is 9.88. The summed E-state index contributed by atoms with van der Waals surface area (Å²) in [5, 5.41) is 11.0. The van der Waals surface area contributed by atoms with Crippen molar-refractivity contribution in [3.63, 3.8) is 0 Å². The maximum Gasteiger partial charge on any atom is 0.319 e. The first-order valence-electron chi connectivity index (χ1n) is 4.30. The first-order valence-corrected chi connectivity index (χ1v) is 5.66. The lowest BCUT2D eigenvalue weighted by Crippen LogP contribution is -1.98. The van der Waals surface area contributed by atoms with Gasteiger partial charge in [0, 0.05) is 5.75 Å². The average Bonchev–Trinajstić information content (AvgIpc) is 2.14. The lowest BCUT2D eigenvalue weighted by Gasteiger charge is -2.03. The molecule has 15 heavy (non-hydrogen) atoms. The Morgan fingerprint density at radius 3 is 2.87 bits per heavy atom. The van der Waals surface area contributed by atoms with Gasteiger partial charge in [0.1, 0.15) is 6.20 Å². The third-order valence-electron chi connectivity index (χ3n) is 1.46. The zero-order chi connectivity index (χ0) is 11.4. The van der Waals surface area contributed by atoms with Gasteiger partial charge in [-0.3, -0.25) is 10.1 Å². The van der Waals surface area contributed by atoms with Crippen molar-refractivity contribution in [3.8, 4) is 0 Å². The molecule has 0 unspecified atom stereocenters. The Balaban J connectivity index is 2.92. The molecule has 1 heterocycles. The number of rotatable bonds is 4. The fraction of sp³-hybridized carbons (Fsp3) is 0.500. The van der Waals surface area contributed by atoms with E-state index in [0.29, 0.717) is 10.9 Å². The van der Waals surface area contributed by atoms with E-state index in [1.807, 2.05) is 13.8 Å². The molecule has 0 aliphatic rings. The molecule has 0 fully saturated rings. The molecule has 0 spiro atoms. The monoisotopic (exact) mass is 247 g/mol. The van der Waals surface area contributed by atoms with Gasteiger partial charge in [-0.25, -0.2) is 9.97 Å². The molecule has 7 heteroatoms. The van der Waals surface area contributed by atoms with Crippen LogP contribution < -0.4 is 0 Å². The topological polar surface area (TPSA) is 68.9 Å². The van der Waals surface area contributed by atoms with Gasteiger partial charge in [0.15, 0.2) is 5.03 Å². The molecule has 0 amide bonds. The van der Waals surface area contributed by atoms with Gasteiger partial charge in [0.25, 0.3) is 0 Å². The van der Waals surface area contributed by atoms with Gasteiger partial charge >= 0.3 is 5.69 Å². The van der Waals surface area contributed by atoms with E-state index in [1.54, 1.807) is 0 Å². The van der Waals surface area contributed by atoms with Crippen LogP contribution in [0.25, 0.3) is 0 Å². The van der Waals surface area contributed by atoms with Gasteiger partial charge in [-0.2, -0.15) is 0 Å². The Labute approximate surface area is 96.4 Å². The first-order chi connectivity index (χ1) is 7.00. The summed E-state index contributed by atoms with van der Waals surface area (Å²) in [7, 11) is 0. The Hall–Kier alpha value is -0.880. The summed E-state index contributed by atoms with van der Waals surface area (Å²) in [4.78, 5) is 17.6. The molecule has 1 rings (SSSR count). The van der Waals surface area contributed by atoms with Crippen LogP contribution in [-0.2, 0) is 0 Å². The first kappa shape index (κ1) is 12.2. The summed E-state index contributed by atoms with van der Waals surface area (Å²) in [5.74, 6) is 1.19. The molecular formula is C8H10ClN3O2S. The van der Waals surface area contributed by atoms with Crippen LogP contribution >= 0.6 is 23.4 Å². The molecule has 0 N–H and O–H groups in total. The highest BCUT2D eigenvalue weighted by Gasteiger charge is 2.17. The van der Waals surface area contributed by atoms with Crippen LogP contribution in [0.3, 0.4) is 0 Å². The SMILES string of the molecule is CC(C)CSc1nc(Cl)ncc1[N+](=O)[O-]. The van der Waals surface area contributed by atoms with Gasteiger partial charge in [0.2, 0.25) is 5.28 Å². The van der Waals surface area contributed by atoms with E-state index in [9.17, 15) is 10.1 Å². The summed E-state index contributed by atoms with van der Waals surface area (Å²) in [6.07, 6.45) is 1.14. The van der Waals surface area contributed by atoms with E-state index in [-0.39, 0.29) is 11.0 Å². The third kappa shape index (κ3) is 3.64. The van der Waals surface area contributed by atoms with Crippen LogP contribution in [0.2, 0.25) is 5.28 Å². The third-order valence-corrected chi connectivity index (χ3v) is 3.05. The van der Waals surface area contributed by atoms with Crippen LogP contribution in [0.4, 0.5) is 5.69 Å². The number of hydrogen-bond donors (Lipinski definition) is 0. The smallest absolute Gasteiger partial charge is 0.258 e. The molecule has 0 aliphatic carbocycles. The van der Waals surface area contributed by atoms with Crippen molar-refractivity contribution >= 4 is 29.1 Å². The second-order valence-electron chi connectivity index (χ2n) is 3.29. The Morgan fingerprint density at radius 2 is 2.33 bits per heavy atom. The highest BCUT2D eigenvalue weighted by molar-refractivity contribution is 7.99. The number of hydrogen-bond acceptors (Lipinski definition) is 5. The highest BCUT2D eigenvalue weighted by atomic mass is 35.5. The van der Waals surface area contributed by atoms with Crippen molar-refractivity contribution in [2.24, 2.45) is 5.92 Å². The van der Waals surface area contributed by atoms with E-state index in [4.69, 9.17) is 11.6 Å². The largest absolute Gasteiger partial charge is 0.319 e. The van der Waals surface area contributed by atoms with Crippen LogP contribution in [0.15, 0.2) is 11.2 Å². The maximum atomic E-state index is 10.6. The van der Waals surface area contributed by atoms with Gasteiger partial charge in [0.05, 0.1) is 4.92 Å². The second-order valence-corrected chi connectivity index (χ2v) is 4.64. The Kier molecular flexibility index (Phi) is 4.28. The molecule has 1 aromatic heterocycles. The molecule has 0 radical (unpaired) electrons. The minimum absolute atomic E-state index is 0.0341.